The molecule has 0 saturated carbocycles. The van der Waals surface area contributed by atoms with Gasteiger partial charge in [0.2, 0.25) is 6.79 Å². The fourth-order valence-electron chi connectivity index (χ4n) is 7.12. The van der Waals surface area contributed by atoms with Gasteiger partial charge in [-0.25, -0.2) is 0 Å². The molecule has 3 fully saturated rings. The summed E-state index contributed by atoms with van der Waals surface area (Å²) in [5.41, 5.74) is 1.48. The van der Waals surface area contributed by atoms with Crippen LogP contribution in [0.2, 0.25) is 0 Å². The van der Waals surface area contributed by atoms with Gasteiger partial charge in [-0.15, -0.1) is 0 Å². The van der Waals surface area contributed by atoms with Gasteiger partial charge < -0.3 is 63.0 Å². The molecule has 0 aromatic heterocycles. The fourth-order valence-corrected chi connectivity index (χ4v) is 8.07. The Balaban J connectivity index is 1.33. The summed E-state index contributed by atoms with van der Waals surface area (Å²) in [6, 6.07) is 6.29. The van der Waals surface area contributed by atoms with Gasteiger partial charge in [-0.1, -0.05) is 6.07 Å². The van der Waals surface area contributed by atoms with Crippen LogP contribution in [0, 0.1) is 11.8 Å². The molecule has 0 radical (unpaired) electrons. The SMILES string of the molecule is COc1cc([C@@H]2c3cc4c(cc3[C@@H](OC3OC5COC(C)OC5C(O)C3O)[C@H]3COC(=O)[C@H]23)OCO4)cc(CO)c1P(=O)(O)O. The maximum atomic E-state index is 13.5. The van der Waals surface area contributed by atoms with Crippen LogP contribution in [0.1, 0.15) is 41.2 Å². The minimum Gasteiger partial charge on any atom is -0.496 e. The van der Waals surface area contributed by atoms with E-state index in [1.807, 2.05) is 0 Å². The molecule has 244 valence electrons. The standard InChI is InChI=1S/C29H33O15P/c1-11-38-9-20-26(42-11)23(31)24(32)29(43-20)44-25-15-6-18-17(40-10-41-18)5-14(15)21(22-16(25)8-39-28(22)33)12-3-13(7-30)27(45(34,35)36)19(4-12)37-2/h3-6,11,16,20-26,29-32H,7-10H2,1-2H3,(H2,34,35,36)/t11?,16-,20?,21+,22-,23?,24?,25+,26?,29?/m0/s1. The van der Waals surface area contributed by atoms with Crippen molar-refractivity contribution < 1.29 is 72.4 Å². The number of esters is 1. The van der Waals surface area contributed by atoms with Crippen LogP contribution in [-0.2, 0) is 39.7 Å². The Kier molecular flexibility index (Phi) is 7.84. The molecular weight excluding hydrogens is 619 g/mol. The molecule has 0 amide bonds. The second kappa shape index (κ2) is 11.5. The van der Waals surface area contributed by atoms with Gasteiger partial charge in [-0.05, 0) is 47.4 Å². The number of methoxy groups -OCH3 is 1. The summed E-state index contributed by atoms with van der Waals surface area (Å²) in [5.74, 6) is -2.13. The molecule has 10 atom stereocenters. The molecule has 0 spiro atoms. The lowest BCUT2D eigenvalue weighted by molar-refractivity contribution is -0.364. The van der Waals surface area contributed by atoms with Gasteiger partial charge in [-0.3, -0.25) is 9.36 Å². The molecule has 5 N–H and O–H groups in total. The number of fused-ring (bicyclic) bond motifs is 4. The average molecular weight is 653 g/mol. The van der Waals surface area contributed by atoms with Crippen molar-refractivity contribution in [3.63, 3.8) is 0 Å². The Hall–Kier alpha value is -2.82. The molecule has 3 saturated heterocycles. The van der Waals surface area contributed by atoms with Crippen molar-refractivity contribution in [1.29, 1.82) is 0 Å². The number of carbonyl (C=O) groups is 1. The van der Waals surface area contributed by atoms with Crippen LogP contribution in [0.15, 0.2) is 24.3 Å². The largest absolute Gasteiger partial charge is 0.496 e. The molecule has 6 unspecified atom stereocenters. The number of carbonyl (C=O) groups excluding carboxylic acids is 1. The lowest BCUT2D eigenvalue weighted by Crippen LogP contribution is -2.63. The number of ether oxygens (including phenoxy) is 8. The molecule has 15 nitrogen and oxygen atoms in total. The van der Waals surface area contributed by atoms with Gasteiger partial charge in [0.1, 0.15) is 35.5 Å². The summed E-state index contributed by atoms with van der Waals surface area (Å²) in [4.78, 5) is 33.5. The monoisotopic (exact) mass is 652 g/mol. The normalized spacial score (nSPS) is 35.3. The maximum absolute atomic E-state index is 13.5. The molecule has 1 aliphatic carbocycles. The molecule has 7 rings (SSSR count). The number of aliphatic hydroxyl groups is 3. The molecule has 4 heterocycles. The second-order valence-corrected chi connectivity index (χ2v) is 13.2. The molecule has 0 bridgehead atoms. The van der Waals surface area contributed by atoms with Crippen LogP contribution in [0.5, 0.6) is 17.2 Å². The van der Waals surface area contributed by atoms with Crippen LogP contribution in [0.25, 0.3) is 0 Å². The highest BCUT2D eigenvalue weighted by molar-refractivity contribution is 7.60. The average Bonchev–Trinajstić information content (AvgIpc) is 3.63. The van der Waals surface area contributed by atoms with E-state index in [4.69, 9.17) is 37.9 Å². The Morgan fingerprint density at radius 1 is 0.978 bits per heavy atom. The first kappa shape index (κ1) is 30.8. The van der Waals surface area contributed by atoms with Gasteiger partial charge in [0, 0.05) is 11.8 Å². The molecule has 16 heteroatoms. The van der Waals surface area contributed by atoms with E-state index in [0.29, 0.717) is 28.2 Å². The van der Waals surface area contributed by atoms with Crippen LogP contribution in [-0.4, -0.2) is 95.2 Å². The van der Waals surface area contributed by atoms with Gasteiger partial charge in [0.15, 0.2) is 24.1 Å². The van der Waals surface area contributed by atoms with Crippen molar-refractivity contribution >= 4 is 18.9 Å². The van der Waals surface area contributed by atoms with E-state index in [1.54, 1.807) is 19.1 Å². The van der Waals surface area contributed by atoms with Crippen LogP contribution >= 0.6 is 7.60 Å². The number of rotatable bonds is 6. The summed E-state index contributed by atoms with van der Waals surface area (Å²) in [6.07, 6.45) is -7.24. The van der Waals surface area contributed by atoms with E-state index in [1.165, 1.54) is 19.2 Å². The summed E-state index contributed by atoms with van der Waals surface area (Å²) in [6.45, 7) is 0.979. The molecule has 4 aliphatic heterocycles. The predicted octanol–water partition coefficient (Wildman–Crippen LogP) is -0.0803. The van der Waals surface area contributed by atoms with E-state index < -0.39 is 86.3 Å². The zero-order valence-electron chi connectivity index (χ0n) is 24.2. The highest BCUT2D eigenvalue weighted by Crippen LogP contribution is 2.56. The van der Waals surface area contributed by atoms with Crippen LogP contribution in [0.3, 0.4) is 0 Å². The lowest BCUT2D eigenvalue weighted by atomic mass is 9.66. The minimum atomic E-state index is -4.86. The van der Waals surface area contributed by atoms with Crippen LogP contribution < -0.4 is 19.5 Å². The van der Waals surface area contributed by atoms with E-state index in [2.05, 4.69) is 0 Å². The summed E-state index contributed by atoms with van der Waals surface area (Å²) < 4.78 is 58.2. The van der Waals surface area contributed by atoms with Crippen molar-refractivity contribution in [2.75, 3.05) is 27.1 Å². The smallest absolute Gasteiger partial charge is 0.360 e. The lowest BCUT2D eigenvalue weighted by Gasteiger charge is -2.47. The Morgan fingerprint density at radius 2 is 1.71 bits per heavy atom. The third kappa shape index (κ3) is 5.11. The van der Waals surface area contributed by atoms with Crippen LogP contribution in [0.4, 0.5) is 0 Å². The highest BCUT2D eigenvalue weighted by Gasteiger charge is 2.56. The number of hydrogen-bond donors (Lipinski definition) is 5. The first-order chi connectivity index (χ1) is 21.5. The summed E-state index contributed by atoms with van der Waals surface area (Å²) in [7, 11) is -3.61. The van der Waals surface area contributed by atoms with E-state index in [0.717, 1.165) is 0 Å². The first-order valence-corrected chi connectivity index (χ1v) is 16.0. The van der Waals surface area contributed by atoms with Gasteiger partial charge >= 0.3 is 13.6 Å². The minimum absolute atomic E-state index is 0.0408. The highest BCUT2D eigenvalue weighted by atomic mass is 31.2. The number of aliphatic hydroxyl groups excluding tert-OH is 3. The molecular formula is C29H33O15P. The number of benzene rings is 2. The number of cyclic esters (lactones) is 1. The Labute approximate surface area is 256 Å². The third-order valence-electron chi connectivity index (χ3n) is 9.10. The summed E-state index contributed by atoms with van der Waals surface area (Å²) in [5, 5.41) is 31.7. The Morgan fingerprint density at radius 3 is 2.40 bits per heavy atom. The molecule has 2 aromatic rings. The third-order valence-corrected chi connectivity index (χ3v) is 10.2. The van der Waals surface area contributed by atoms with E-state index in [-0.39, 0.29) is 31.3 Å². The zero-order chi connectivity index (χ0) is 31.8. The van der Waals surface area contributed by atoms with Gasteiger partial charge in [0.05, 0.1) is 39.0 Å². The predicted molar refractivity (Wildman–Crippen MR) is 148 cm³/mol. The van der Waals surface area contributed by atoms with E-state index in [9.17, 15) is 34.5 Å². The first-order valence-electron chi connectivity index (χ1n) is 14.4. The fraction of sp³-hybridized carbons (Fsp3) is 0.552. The van der Waals surface area contributed by atoms with Crippen molar-refractivity contribution in [3.8, 4) is 17.2 Å². The number of hydrogen-bond acceptors (Lipinski definition) is 13. The Bertz CT molecular complexity index is 1510. The molecule has 2 aromatic carbocycles. The van der Waals surface area contributed by atoms with Crippen molar-refractivity contribution in [2.45, 2.75) is 62.5 Å². The molecule has 5 aliphatic rings. The van der Waals surface area contributed by atoms with Gasteiger partial charge in [0.25, 0.3) is 0 Å². The summed E-state index contributed by atoms with van der Waals surface area (Å²) >= 11 is 0. The second-order valence-electron chi connectivity index (χ2n) is 11.6. The van der Waals surface area contributed by atoms with Crippen molar-refractivity contribution in [2.24, 2.45) is 11.8 Å². The quantitative estimate of drug-likeness (QED) is 0.204. The van der Waals surface area contributed by atoms with Crippen molar-refractivity contribution in [1.82, 2.24) is 0 Å². The molecule has 45 heavy (non-hydrogen) atoms. The zero-order valence-corrected chi connectivity index (χ0v) is 25.1. The van der Waals surface area contributed by atoms with Gasteiger partial charge in [-0.2, -0.15) is 0 Å². The van der Waals surface area contributed by atoms with E-state index >= 15 is 0 Å². The van der Waals surface area contributed by atoms with Crippen molar-refractivity contribution in [3.05, 3.63) is 46.5 Å². The maximum Gasteiger partial charge on any atom is 0.360 e. The topological polar surface area (TPSA) is 209 Å².